The first-order valence-electron chi connectivity index (χ1n) is 5.83. The van der Waals surface area contributed by atoms with Gasteiger partial charge in [-0.25, -0.2) is 0 Å². The summed E-state index contributed by atoms with van der Waals surface area (Å²) in [6.07, 6.45) is 7.46. The van der Waals surface area contributed by atoms with Crippen LogP contribution in [-0.2, 0) is 4.79 Å². The van der Waals surface area contributed by atoms with Gasteiger partial charge < -0.3 is 5.11 Å². The van der Waals surface area contributed by atoms with Gasteiger partial charge in [-0.05, 0) is 36.0 Å². The van der Waals surface area contributed by atoms with E-state index in [2.05, 4.69) is 32.9 Å². The molecule has 0 aromatic heterocycles. The maximum Gasteiger partial charge on any atom is 0.307 e. The zero-order valence-corrected chi connectivity index (χ0v) is 9.79. The number of carboxylic acid groups (broad SMARTS) is 1. The van der Waals surface area contributed by atoms with Crippen molar-refractivity contribution in [2.45, 2.75) is 40.0 Å². The molecule has 84 valence electrons. The zero-order chi connectivity index (χ0) is 11.3. The first kappa shape index (κ1) is 10.7. The molecule has 2 bridgehead atoms. The summed E-state index contributed by atoms with van der Waals surface area (Å²) in [5.41, 5.74) is 0.0588. The summed E-state index contributed by atoms with van der Waals surface area (Å²) in [5, 5.41) is 9.29. The minimum Gasteiger partial charge on any atom is -0.481 e. The van der Waals surface area contributed by atoms with E-state index in [4.69, 9.17) is 0 Å². The molecule has 3 aliphatic carbocycles. The van der Waals surface area contributed by atoms with E-state index in [0.717, 1.165) is 19.3 Å². The van der Waals surface area contributed by atoms with Gasteiger partial charge in [-0.15, -0.1) is 0 Å². The van der Waals surface area contributed by atoms with Crippen LogP contribution in [0.4, 0.5) is 0 Å². The Morgan fingerprint density at radius 1 is 1.40 bits per heavy atom. The van der Waals surface area contributed by atoms with E-state index < -0.39 is 5.97 Å². The first-order chi connectivity index (χ1) is 6.90. The highest BCUT2D eigenvalue weighted by Gasteiger charge is 2.52. The summed E-state index contributed by atoms with van der Waals surface area (Å²) >= 11 is 0. The Hall–Kier alpha value is -0.790. The van der Waals surface area contributed by atoms with Crippen molar-refractivity contribution in [3.63, 3.8) is 0 Å². The van der Waals surface area contributed by atoms with Crippen molar-refractivity contribution >= 4 is 5.97 Å². The number of carbonyl (C=O) groups is 1. The number of hydrogen-bond acceptors (Lipinski definition) is 1. The van der Waals surface area contributed by atoms with Crippen molar-refractivity contribution in [3.8, 4) is 0 Å². The largest absolute Gasteiger partial charge is 0.481 e. The highest BCUT2D eigenvalue weighted by molar-refractivity contribution is 5.72. The number of rotatable bonds is 2. The third kappa shape index (κ3) is 1.42. The third-order valence-corrected chi connectivity index (χ3v) is 4.75. The highest BCUT2D eigenvalue weighted by Crippen LogP contribution is 2.58. The molecule has 2 nitrogen and oxygen atoms in total. The quantitative estimate of drug-likeness (QED) is 0.708. The van der Waals surface area contributed by atoms with Gasteiger partial charge >= 0.3 is 5.97 Å². The van der Waals surface area contributed by atoms with Crippen molar-refractivity contribution in [1.29, 1.82) is 0 Å². The van der Waals surface area contributed by atoms with Crippen LogP contribution in [0.15, 0.2) is 12.2 Å². The molecule has 0 spiro atoms. The Bertz CT molecular complexity index is 318. The van der Waals surface area contributed by atoms with Crippen LogP contribution >= 0.6 is 0 Å². The Balaban J connectivity index is 2.37. The van der Waals surface area contributed by atoms with Gasteiger partial charge in [0.2, 0.25) is 0 Å². The maximum atomic E-state index is 11.3. The molecule has 0 amide bonds. The van der Waals surface area contributed by atoms with E-state index in [1.165, 1.54) is 0 Å². The van der Waals surface area contributed by atoms with E-state index in [0.29, 0.717) is 5.92 Å². The molecule has 1 unspecified atom stereocenters. The summed E-state index contributed by atoms with van der Waals surface area (Å²) in [5.74, 6) is -0.259. The van der Waals surface area contributed by atoms with Crippen LogP contribution in [0.25, 0.3) is 0 Å². The fraction of sp³-hybridized carbons (Fsp3) is 0.769. The van der Waals surface area contributed by atoms with E-state index in [1.807, 2.05) is 0 Å². The summed E-state index contributed by atoms with van der Waals surface area (Å²) < 4.78 is 0. The topological polar surface area (TPSA) is 37.3 Å². The van der Waals surface area contributed by atoms with E-state index in [1.54, 1.807) is 0 Å². The van der Waals surface area contributed by atoms with Crippen molar-refractivity contribution < 1.29 is 9.90 Å². The van der Waals surface area contributed by atoms with Gasteiger partial charge in [0.05, 0.1) is 5.92 Å². The highest BCUT2D eigenvalue weighted by atomic mass is 16.4. The fourth-order valence-electron chi connectivity index (χ4n) is 3.18. The lowest BCUT2D eigenvalue weighted by molar-refractivity contribution is -0.150. The molecular formula is C13H20O2. The number of hydrogen-bond donors (Lipinski definition) is 1. The normalized spacial score (nSPS) is 43.6. The van der Waals surface area contributed by atoms with Gasteiger partial charge in [0.1, 0.15) is 0 Å². The SMILES string of the molecule is CC(C)[C@@]12C=C[C@@](C)(CC1)C(C(=O)O)C2. The molecule has 0 aromatic rings. The molecule has 2 heteroatoms. The first-order valence-corrected chi connectivity index (χ1v) is 5.83. The molecule has 0 radical (unpaired) electrons. The monoisotopic (exact) mass is 208 g/mol. The lowest BCUT2D eigenvalue weighted by Gasteiger charge is -2.53. The predicted octanol–water partition coefficient (Wildman–Crippen LogP) is 3.09. The standard InChI is InChI=1S/C13H20O2/c1-9(2)13-6-4-12(3,5-7-13)10(8-13)11(14)15/h4,6,9-10H,5,7-8H2,1-3H3,(H,14,15)/t10?,12-,13-/m0/s1. The second-order valence-electron chi connectivity index (χ2n) is 5.82. The van der Waals surface area contributed by atoms with Crippen LogP contribution in [0.3, 0.4) is 0 Å². The van der Waals surface area contributed by atoms with Gasteiger partial charge in [-0.2, -0.15) is 0 Å². The molecule has 0 saturated heterocycles. The van der Waals surface area contributed by atoms with Crippen LogP contribution in [0.5, 0.6) is 0 Å². The van der Waals surface area contributed by atoms with Crippen LogP contribution in [0.2, 0.25) is 0 Å². The molecule has 1 fully saturated rings. The molecule has 0 aromatic carbocycles. The number of carboxylic acids is 1. The molecule has 1 N–H and O–H groups in total. The van der Waals surface area contributed by atoms with E-state index >= 15 is 0 Å². The third-order valence-electron chi connectivity index (χ3n) is 4.75. The molecule has 3 aliphatic rings. The molecule has 3 atom stereocenters. The molecular weight excluding hydrogens is 188 g/mol. The molecule has 15 heavy (non-hydrogen) atoms. The minimum atomic E-state index is -0.619. The van der Waals surface area contributed by atoms with E-state index in [9.17, 15) is 9.90 Å². The van der Waals surface area contributed by atoms with Crippen LogP contribution in [0, 0.1) is 22.7 Å². The maximum absolute atomic E-state index is 11.3. The fourth-order valence-corrected chi connectivity index (χ4v) is 3.18. The van der Waals surface area contributed by atoms with Gasteiger partial charge in [-0.1, -0.05) is 32.9 Å². The average molecular weight is 208 g/mol. The number of aliphatic carboxylic acids is 1. The van der Waals surface area contributed by atoms with Gasteiger partial charge in [0.25, 0.3) is 0 Å². The number of fused-ring (bicyclic) bond motifs is 2. The van der Waals surface area contributed by atoms with Crippen molar-refractivity contribution in [3.05, 3.63) is 12.2 Å². The summed E-state index contributed by atoms with van der Waals surface area (Å²) in [7, 11) is 0. The molecule has 3 rings (SSSR count). The van der Waals surface area contributed by atoms with Crippen molar-refractivity contribution in [1.82, 2.24) is 0 Å². The van der Waals surface area contributed by atoms with Gasteiger partial charge in [0, 0.05) is 0 Å². The molecule has 1 saturated carbocycles. The van der Waals surface area contributed by atoms with Gasteiger partial charge in [0.15, 0.2) is 0 Å². The lowest BCUT2D eigenvalue weighted by Crippen LogP contribution is -2.47. The van der Waals surface area contributed by atoms with Crippen molar-refractivity contribution in [2.24, 2.45) is 22.7 Å². The van der Waals surface area contributed by atoms with Crippen LogP contribution < -0.4 is 0 Å². The smallest absolute Gasteiger partial charge is 0.307 e. The molecule has 0 aliphatic heterocycles. The molecule has 0 heterocycles. The Kier molecular flexibility index (Phi) is 2.21. The Morgan fingerprint density at radius 3 is 2.47 bits per heavy atom. The Morgan fingerprint density at radius 2 is 2.07 bits per heavy atom. The van der Waals surface area contributed by atoms with Crippen molar-refractivity contribution in [2.75, 3.05) is 0 Å². The van der Waals surface area contributed by atoms with Crippen LogP contribution in [-0.4, -0.2) is 11.1 Å². The van der Waals surface area contributed by atoms with Gasteiger partial charge in [-0.3, -0.25) is 4.79 Å². The minimum absolute atomic E-state index is 0.0948. The average Bonchev–Trinajstić information content (AvgIpc) is 2.18. The Labute approximate surface area is 91.4 Å². The van der Waals surface area contributed by atoms with E-state index in [-0.39, 0.29) is 16.7 Å². The zero-order valence-electron chi connectivity index (χ0n) is 9.79. The second-order valence-corrected chi connectivity index (χ2v) is 5.82. The lowest BCUT2D eigenvalue weighted by atomic mass is 9.51. The summed E-state index contributed by atoms with van der Waals surface area (Å²) in [4.78, 5) is 11.3. The second kappa shape index (κ2) is 3.10. The predicted molar refractivity (Wildman–Crippen MR) is 59.5 cm³/mol. The van der Waals surface area contributed by atoms with Crippen LogP contribution in [0.1, 0.15) is 40.0 Å². The number of allylic oxidation sites excluding steroid dienone is 2. The summed E-state index contributed by atoms with van der Waals surface area (Å²) in [6.45, 7) is 6.50. The summed E-state index contributed by atoms with van der Waals surface area (Å²) in [6, 6.07) is 0.